The van der Waals surface area contributed by atoms with E-state index in [1.807, 2.05) is 30.3 Å². The Morgan fingerprint density at radius 3 is 2.65 bits per heavy atom. The summed E-state index contributed by atoms with van der Waals surface area (Å²) >= 11 is 3.57. The van der Waals surface area contributed by atoms with Gasteiger partial charge in [-0.05, 0) is 48.4 Å². The Hall–Kier alpha value is -3.06. The van der Waals surface area contributed by atoms with Gasteiger partial charge in [-0.15, -0.1) is 0 Å². The number of halogens is 2. The molecule has 0 radical (unpaired) electrons. The summed E-state index contributed by atoms with van der Waals surface area (Å²) in [6.07, 6.45) is 2.44. The summed E-state index contributed by atoms with van der Waals surface area (Å²) in [5.41, 5.74) is 3.16. The van der Waals surface area contributed by atoms with Crippen LogP contribution in [0.25, 0.3) is 0 Å². The van der Waals surface area contributed by atoms with Gasteiger partial charge in [0.2, 0.25) is 5.91 Å². The van der Waals surface area contributed by atoms with Crippen molar-refractivity contribution in [2.24, 2.45) is 0 Å². The van der Waals surface area contributed by atoms with Gasteiger partial charge < -0.3 is 10.2 Å². The van der Waals surface area contributed by atoms with Crippen molar-refractivity contribution in [1.82, 2.24) is 15.2 Å². The second-order valence-electron chi connectivity index (χ2n) is 7.41. The van der Waals surface area contributed by atoms with Gasteiger partial charge in [-0.2, -0.15) is 0 Å². The fourth-order valence-electron chi connectivity index (χ4n) is 3.83. The van der Waals surface area contributed by atoms with Crippen LogP contribution in [0.3, 0.4) is 0 Å². The van der Waals surface area contributed by atoms with Crippen LogP contribution < -0.4 is 5.32 Å². The van der Waals surface area contributed by atoms with Crippen LogP contribution >= 0.6 is 15.9 Å². The third-order valence-electron chi connectivity index (χ3n) is 5.36. The second-order valence-corrected chi connectivity index (χ2v) is 8.27. The zero-order valence-electron chi connectivity index (χ0n) is 16.7. The van der Waals surface area contributed by atoms with E-state index >= 15 is 0 Å². The maximum absolute atomic E-state index is 13.3. The van der Waals surface area contributed by atoms with Crippen LogP contribution in [-0.2, 0) is 17.9 Å². The van der Waals surface area contributed by atoms with Gasteiger partial charge in [-0.3, -0.25) is 14.6 Å². The Morgan fingerprint density at radius 2 is 1.90 bits per heavy atom. The summed E-state index contributed by atoms with van der Waals surface area (Å²) in [6.45, 7) is 0.712. The molecule has 0 spiro atoms. The van der Waals surface area contributed by atoms with Gasteiger partial charge in [0.25, 0.3) is 5.91 Å². The number of fused-ring (bicyclic) bond motifs is 1. The van der Waals surface area contributed by atoms with Crippen molar-refractivity contribution in [1.29, 1.82) is 0 Å². The van der Waals surface area contributed by atoms with Crippen molar-refractivity contribution in [3.63, 3.8) is 0 Å². The topological polar surface area (TPSA) is 62.3 Å². The number of pyridine rings is 1. The smallest absolute Gasteiger partial charge is 0.255 e. The highest BCUT2D eigenvalue weighted by Gasteiger charge is 2.38. The second kappa shape index (κ2) is 9.39. The number of aromatic nitrogens is 1. The summed E-state index contributed by atoms with van der Waals surface area (Å²) in [5.74, 6) is -0.497. The monoisotopic (exact) mass is 481 g/mol. The van der Waals surface area contributed by atoms with Crippen molar-refractivity contribution >= 4 is 27.7 Å². The van der Waals surface area contributed by atoms with Gasteiger partial charge in [0, 0.05) is 34.8 Å². The van der Waals surface area contributed by atoms with Gasteiger partial charge in [-0.1, -0.05) is 40.2 Å². The molecule has 1 N–H and O–H groups in total. The molecular weight excluding hydrogens is 461 g/mol. The SMILES string of the molecule is O=C(CCC1c2c(Br)cccc2C(=O)N1Cc1ccc(F)cc1)NCc1ccccn1. The van der Waals surface area contributed by atoms with Crippen LogP contribution in [0.4, 0.5) is 4.39 Å². The fraction of sp³-hybridized carbons (Fsp3) is 0.208. The molecule has 2 aromatic carbocycles. The van der Waals surface area contributed by atoms with Crippen molar-refractivity contribution in [3.05, 3.63) is 99.5 Å². The lowest BCUT2D eigenvalue weighted by molar-refractivity contribution is -0.121. The molecule has 1 unspecified atom stereocenters. The van der Waals surface area contributed by atoms with Gasteiger partial charge in [0.05, 0.1) is 18.3 Å². The van der Waals surface area contributed by atoms with E-state index in [0.717, 1.165) is 21.3 Å². The summed E-state index contributed by atoms with van der Waals surface area (Å²) in [6, 6.07) is 17.0. The Bertz CT molecular complexity index is 1090. The van der Waals surface area contributed by atoms with Crippen LogP contribution in [0, 0.1) is 5.82 Å². The van der Waals surface area contributed by atoms with E-state index in [-0.39, 0.29) is 30.1 Å². The summed E-state index contributed by atoms with van der Waals surface area (Å²) in [5, 5.41) is 2.89. The molecule has 1 atom stereocenters. The van der Waals surface area contributed by atoms with Crippen LogP contribution in [0.1, 0.15) is 46.1 Å². The number of carbonyl (C=O) groups is 2. The highest BCUT2D eigenvalue weighted by molar-refractivity contribution is 9.10. The van der Waals surface area contributed by atoms with Crippen molar-refractivity contribution in [2.45, 2.75) is 32.0 Å². The lowest BCUT2D eigenvalue weighted by atomic mass is 10.0. The number of hydrogen-bond donors (Lipinski definition) is 1. The zero-order valence-corrected chi connectivity index (χ0v) is 18.3. The molecule has 0 fully saturated rings. The van der Waals surface area contributed by atoms with Crippen LogP contribution in [-0.4, -0.2) is 21.7 Å². The van der Waals surface area contributed by atoms with Crippen LogP contribution in [0.15, 0.2) is 71.3 Å². The minimum absolute atomic E-state index is 0.0838. The average molecular weight is 482 g/mol. The highest BCUT2D eigenvalue weighted by Crippen LogP contribution is 2.41. The molecule has 2 heterocycles. The van der Waals surface area contributed by atoms with E-state index in [9.17, 15) is 14.0 Å². The summed E-state index contributed by atoms with van der Waals surface area (Å²) in [4.78, 5) is 31.5. The maximum atomic E-state index is 13.3. The lowest BCUT2D eigenvalue weighted by Gasteiger charge is -2.26. The molecule has 1 aliphatic heterocycles. The molecule has 7 heteroatoms. The third-order valence-corrected chi connectivity index (χ3v) is 6.05. The normalized spacial score (nSPS) is 15.1. The Balaban J connectivity index is 1.48. The standard InChI is InChI=1S/C24H21BrFN3O2/c25-20-6-3-5-19-23(20)21(11-12-22(30)28-14-18-4-1-2-13-27-18)29(24(19)31)15-16-7-9-17(26)10-8-16/h1-10,13,21H,11-12,14-15H2,(H,28,30). The molecule has 0 bridgehead atoms. The largest absolute Gasteiger partial charge is 0.350 e. The number of nitrogens with one attached hydrogen (secondary N) is 1. The molecule has 1 aliphatic rings. The highest BCUT2D eigenvalue weighted by atomic mass is 79.9. The third kappa shape index (κ3) is 4.82. The van der Waals surface area contributed by atoms with E-state index in [4.69, 9.17) is 0 Å². The maximum Gasteiger partial charge on any atom is 0.255 e. The molecular formula is C24H21BrFN3O2. The molecule has 158 valence electrons. The summed E-state index contributed by atoms with van der Waals surface area (Å²) < 4.78 is 14.1. The van der Waals surface area contributed by atoms with Gasteiger partial charge >= 0.3 is 0 Å². The number of rotatable bonds is 7. The van der Waals surface area contributed by atoms with Crippen LogP contribution in [0.2, 0.25) is 0 Å². The number of carbonyl (C=O) groups excluding carboxylic acids is 2. The number of benzene rings is 2. The van der Waals surface area contributed by atoms with E-state index in [1.165, 1.54) is 12.1 Å². The lowest BCUT2D eigenvalue weighted by Crippen LogP contribution is -2.29. The van der Waals surface area contributed by atoms with Gasteiger partial charge in [0.1, 0.15) is 5.82 Å². The predicted molar refractivity (Wildman–Crippen MR) is 118 cm³/mol. The molecule has 31 heavy (non-hydrogen) atoms. The fourth-order valence-corrected chi connectivity index (χ4v) is 4.46. The first-order chi connectivity index (χ1) is 15.0. The van der Waals surface area contributed by atoms with Crippen molar-refractivity contribution in [2.75, 3.05) is 0 Å². The molecule has 5 nitrogen and oxygen atoms in total. The first kappa shape index (κ1) is 21.2. The minimum atomic E-state index is -0.316. The molecule has 0 saturated heterocycles. The van der Waals surface area contributed by atoms with Gasteiger partial charge in [0.15, 0.2) is 0 Å². The Kier molecular flexibility index (Phi) is 6.42. The van der Waals surface area contributed by atoms with Crippen molar-refractivity contribution in [3.8, 4) is 0 Å². The van der Waals surface area contributed by atoms with Crippen molar-refractivity contribution < 1.29 is 14.0 Å². The molecule has 1 aromatic heterocycles. The average Bonchev–Trinajstić information content (AvgIpc) is 3.05. The predicted octanol–water partition coefficient (Wildman–Crippen LogP) is 4.78. The van der Waals surface area contributed by atoms with Crippen LogP contribution in [0.5, 0.6) is 0 Å². The Labute approximate surface area is 188 Å². The van der Waals surface area contributed by atoms with E-state index < -0.39 is 0 Å². The molecule has 2 amide bonds. The molecule has 0 saturated carbocycles. The quantitative estimate of drug-likeness (QED) is 0.528. The Morgan fingerprint density at radius 1 is 1.10 bits per heavy atom. The zero-order chi connectivity index (χ0) is 21.8. The van der Waals surface area contributed by atoms with E-state index in [0.29, 0.717) is 25.1 Å². The van der Waals surface area contributed by atoms with E-state index in [2.05, 4.69) is 26.2 Å². The number of nitrogens with zero attached hydrogens (tertiary/aromatic N) is 2. The first-order valence-electron chi connectivity index (χ1n) is 10.0. The minimum Gasteiger partial charge on any atom is -0.350 e. The number of amides is 2. The van der Waals surface area contributed by atoms with E-state index in [1.54, 1.807) is 29.3 Å². The van der Waals surface area contributed by atoms with Gasteiger partial charge in [-0.25, -0.2) is 4.39 Å². The molecule has 0 aliphatic carbocycles. The molecule has 4 rings (SSSR count). The number of hydrogen-bond acceptors (Lipinski definition) is 3. The molecule has 3 aromatic rings. The first-order valence-corrected chi connectivity index (χ1v) is 10.8. The summed E-state index contributed by atoms with van der Waals surface area (Å²) in [7, 11) is 0.